The number of aromatic nitrogens is 1. The van der Waals surface area contributed by atoms with Crippen LogP contribution in [0.5, 0.6) is 5.75 Å². The normalized spacial score (nSPS) is 11.9. The number of aliphatic carboxylic acids is 1. The van der Waals surface area contributed by atoms with Gasteiger partial charge in [0.05, 0.1) is 0 Å². The molecule has 0 saturated carbocycles. The van der Waals surface area contributed by atoms with Crippen molar-refractivity contribution < 1.29 is 19.0 Å². The number of halogens is 1. The predicted octanol–water partition coefficient (Wildman–Crippen LogP) is 5.65. The lowest BCUT2D eigenvalue weighted by Crippen LogP contribution is -2.23. The number of ether oxygens (including phenoxy) is 1. The molecule has 184 valence electrons. The Labute approximate surface area is 209 Å². The Balaban J connectivity index is 1.53. The fraction of sp³-hybridized carbons (Fsp3) is 0.200. The lowest BCUT2D eigenvalue weighted by Gasteiger charge is -2.20. The van der Waals surface area contributed by atoms with Crippen LogP contribution in [0.15, 0.2) is 102 Å². The molecule has 1 N–H and O–H groups in total. The van der Waals surface area contributed by atoms with Gasteiger partial charge in [0, 0.05) is 24.7 Å². The van der Waals surface area contributed by atoms with Gasteiger partial charge in [-0.1, -0.05) is 66.7 Å². The van der Waals surface area contributed by atoms with Crippen molar-refractivity contribution >= 4 is 5.97 Å². The second kappa shape index (κ2) is 11.5. The molecule has 5 nitrogen and oxygen atoms in total. The molecule has 0 unspecified atom stereocenters. The lowest BCUT2D eigenvalue weighted by molar-refractivity contribution is -0.144. The van der Waals surface area contributed by atoms with E-state index in [1.165, 1.54) is 25.1 Å². The fourth-order valence-electron chi connectivity index (χ4n) is 4.27. The summed E-state index contributed by atoms with van der Waals surface area (Å²) in [4.78, 5) is 23.7. The van der Waals surface area contributed by atoms with Gasteiger partial charge >= 0.3 is 5.97 Å². The van der Waals surface area contributed by atoms with Gasteiger partial charge in [-0.25, -0.2) is 9.18 Å². The first-order valence-corrected chi connectivity index (χ1v) is 11.9. The third-order valence-corrected chi connectivity index (χ3v) is 6.13. The van der Waals surface area contributed by atoms with Crippen LogP contribution >= 0.6 is 0 Å². The van der Waals surface area contributed by atoms with Crippen molar-refractivity contribution in [3.05, 3.63) is 136 Å². The van der Waals surface area contributed by atoms with Crippen molar-refractivity contribution in [2.75, 3.05) is 0 Å². The average molecular weight is 486 g/mol. The van der Waals surface area contributed by atoms with Gasteiger partial charge in [-0.3, -0.25) is 4.79 Å². The molecule has 0 aliphatic heterocycles. The Kier molecular flexibility index (Phi) is 7.95. The SMILES string of the molecule is C[C@H](Oc1ccc(F)c(CCCn2cc(C(c3ccccc3)c3ccccc3)ccc2=O)c1)C(=O)O. The molecule has 0 amide bonds. The van der Waals surface area contributed by atoms with E-state index in [4.69, 9.17) is 9.84 Å². The van der Waals surface area contributed by atoms with Crippen LogP contribution in [0.3, 0.4) is 0 Å². The number of nitrogens with zero attached hydrogens (tertiary/aromatic N) is 1. The summed E-state index contributed by atoms with van der Waals surface area (Å²) in [7, 11) is 0. The zero-order valence-corrected chi connectivity index (χ0v) is 20.0. The predicted molar refractivity (Wildman–Crippen MR) is 137 cm³/mol. The Hall–Kier alpha value is -4.19. The number of hydrogen-bond donors (Lipinski definition) is 1. The Morgan fingerprint density at radius 2 is 1.56 bits per heavy atom. The summed E-state index contributed by atoms with van der Waals surface area (Å²) < 4.78 is 21.4. The number of carbonyl (C=O) groups is 1. The summed E-state index contributed by atoms with van der Waals surface area (Å²) in [5, 5.41) is 9.04. The van der Waals surface area contributed by atoms with Crippen LogP contribution in [-0.2, 0) is 17.8 Å². The maximum Gasteiger partial charge on any atom is 0.344 e. The molecule has 0 spiro atoms. The fourth-order valence-corrected chi connectivity index (χ4v) is 4.27. The van der Waals surface area contributed by atoms with Crippen molar-refractivity contribution in [3.63, 3.8) is 0 Å². The number of benzene rings is 3. The third-order valence-electron chi connectivity index (χ3n) is 6.13. The molecule has 0 radical (unpaired) electrons. The smallest absolute Gasteiger partial charge is 0.344 e. The molecule has 1 aromatic heterocycles. The highest BCUT2D eigenvalue weighted by Crippen LogP contribution is 2.31. The number of pyridine rings is 1. The Morgan fingerprint density at radius 3 is 2.17 bits per heavy atom. The van der Waals surface area contributed by atoms with E-state index in [2.05, 4.69) is 24.3 Å². The zero-order chi connectivity index (χ0) is 25.5. The molecule has 3 aromatic carbocycles. The Bertz CT molecular complexity index is 1330. The molecule has 0 aliphatic rings. The highest BCUT2D eigenvalue weighted by molar-refractivity contribution is 5.72. The van der Waals surface area contributed by atoms with Gasteiger partial charge in [0.25, 0.3) is 5.56 Å². The van der Waals surface area contributed by atoms with E-state index in [0.717, 1.165) is 16.7 Å². The molecule has 1 heterocycles. The van der Waals surface area contributed by atoms with Crippen LogP contribution in [0, 0.1) is 5.82 Å². The van der Waals surface area contributed by atoms with Crippen LogP contribution in [0.1, 0.15) is 41.5 Å². The van der Waals surface area contributed by atoms with E-state index in [9.17, 15) is 14.0 Å². The van der Waals surface area contributed by atoms with E-state index in [0.29, 0.717) is 30.7 Å². The Morgan fingerprint density at radius 1 is 0.917 bits per heavy atom. The maximum atomic E-state index is 14.4. The molecular formula is C30H28FNO4. The monoisotopic (exact) mass is 485 g/mol. The first-order chi connectivity index (χ1) is 17.4. The molecule has 0 bridgehead atoms. The van der Waals surface area contributed by atoms with Gasteiger partial charge in [0.15, 0.2) is 6.10 Å². The molecule has 4 rings (SSSR count). The number of aryl methyl sites for hydroxylation is 2. The number of carboxylic acids is 1. The van der Waals surface area contributed by atoms with Gasteiger partial charge in [-0.15, -0.1) is 0 Å². The summed E-state index contributed by atoms with van der Waals surface area (Å²) in [6.45, 7) is 1.84. The minimum atomic E-state index is -1.09. The molecular weight excluding hydrogens is 457 g/mol. The molecule has 36 heavy (non-hydrogen) atoms. The first-order valence-electron chi connectivity index (χ1n) is 11.9. The second-order valence-corrected chi connectivity index (χ2v) is 8.70. The van der Waals surface area contributed by atoms with Gasteiger partial charge < -0.3 is 14.4 Å². The van der Waals surface area contributed by atoms with Crippen LogP contribution in [0.4, 0.5) is 4.39 Å². The minimum Gasteiger partial charge on any atom is -0.479 e. The van der Waals surface area contributed by atoms with E-state index >= 15 is 0 Å². The average Bonchev–Trinajstić information content (AvgIpc) is 2.89. The summed E-state index contributed by atoms with van der Waals surface area (Å²) in [6, 6.07) is 28.0. The van der Waals surface area contributed by atoms with Crippen molar-refractivity contribution in [3.8, 4) is 5.75 Å². The van der Waals surface area contributed by atoms with E-state index < -0.39 is 12.1 Å². The molecule has 1 atom stereocenters. The van der Waals surface area contributed by atoms with Crippen LogP contribution in [0.2, 0.25) is 0 Å². The van der Waals surface area contributed by atoms with Gasteiger partial charge in [0.2, 0.25) is 0 Å². The molecule has 0 fully saturated rings. The van der Waals surface area contributed by atoms with Gasteiger partial charge in [0.1, 0.15) is 11.6 Å². The van der Waals surface area contributed by atoms with Crippen LogP contribution < -0.4 is 10.3 Å². The van der Waals surface area contributed by atoms with E-state index in [1.807, 2.05) is 48.7 Å². The van der Waals surface area contributed by atoms with E-state index in [-0.39, 0.29) is 17.3 Å². The summed E-state index contributed by atoms with van der Waals surface area (Å²) in [5.41, 5.74) is 3.55. The summed E-state index contributed by atoms with van der Waals surface area (Å²) in [6.07, 6.45) is 1.76. The highest BCUT2D eigenvalue weighted by Gasteiger charge is 2.18. The first kappa shape index (κ1) is 24.9. The second-order valence-electron chi connectivity index (χ2n) is 8.70. The zero-order valence-electron chi connectivity index (χ0n) is 20.0. The lowest BCUT2D eigenvalue weighted by atomic mass is 9.86. The number of rotatable bonds is 10. The number of hydrogen-bond acceptors (Lipinski definition) is 3. The van der Waals surface area contributed by atoms with Crippen molar-refractivity contribution in [2.45, 2.75) is 38.3 Å². The standard InChI is InChI=1S/C30H28FNO4/c1-21(30(34)35)36-26-15-16-27(31)24(19-26)13-8-18-32-20-25(14-17-28(32)33)29(22-9-4-2-5-10-22)23-11-6-3-7-12-23/h2-7,9-12,14-17,19-21,29H,8,13,18H2,1H3,(H,34,35)/t21-/m0/s1. The van der Waals surface area contributed by atoms with Crippen molar-refractivity contribution in [1.82, 2.24) is 4.57 Å². The van der Waals surface area contributed by atoms with Crippen LogP contribution in [-0.4, -0.2) is 21.7 Å². The largest absolute Gasteiger partial charge is 0.479 e. The third kappa shape index (κ3) is 6.08. The van der Waals surface area contributed by atoms with Crippen molar-refractivity contribution in [1.29, 1.82) is 0 Å². The summed E-state index contributed by atoms with van der Waals surface area (Å²) in [5.74, 6) is -1.21. The summed E-state index contributed by atoms with van der Waals surface area (Å²) >= 11 is 0. The highest BCUT2D eigenvalue weighted by atomic mass is 19.1. The van der Waals surface area contributed by atoms with Gasteiger partial charge in [-0.2, -0.15) is 0 Å². The van der Waals surface area contributed by atoms with Crippen molar-refractivity contribution in [2.24, 2.45) is 0 Å². The molecule has 6 heteroatoms. The topological polar surface area (TPSA) is 68.5 Å². The number of carboxylic acid groups (broad SMARTS) is 1. The van der Waals surface area contributed by atoms with Gasteiger partial charge in [-0.05, 0) is 60.2 Å². The quantitative estimate of drug-likeness (QED) is 0.315. The van der Waals surface area contributed by atoms with Crippen LogP contribution in [0.25, 0.3) is 0 Å². The van der Waals surface area contributed by atoms with E-state index in [1.54, 1.807) is 10.6 Å². The molecule has 0 aliphatic carbocycles. The molecule has 4 aromatic rings. The maximum absolute atomic E-state index is 14.4. The minimum absolute atomic E-state index is 0.0262. The molecule has 0 saturated heterocycles.